The molecule has 0 fully saturated rings. The summed E-state index contributed by atoms with van der Waals surface area (Å²) in [6.45, 7) is 5.81. The van der Waals surface area contributed by atoms with Gasteiger partial charge in [-0.25, -0.2) is 14.4 Å². The van der Waals surface area contributed by atoms with Crippen LogP contribution in [0.5, 0.6) is 17.2 Å². The highest BCUT2D eigenvalue weighted by Crippen LogP contribution is 2.33. The lowest BCUT2D eigenvalue weighted by Gasteiger charge is -2.13. The molecule has 9 nitrogen and oxygen atoms in total. The molecule has 0 saturated heterocycles. The predicted molar refractivity (Wildman–Crippen MR) is 152 cm³/mol. The number of aromatic nitrogens is 5. The SMILES string of the molecule is CCc1cc2nccc(Oc3cnc(CC(=O)c4nn(C(C)C)cc(-c5ccc(F)cc5)c4=O)nc3)c2cc1OC. The zero-order chi connectivity index (χ0) is 29.1. The first-order valence-corrected chi connectivity index (χ1v) is 13.1. The van der Waals surface area contributed by atoms with Crippen LogP contribution in [0.25, 0.3) is 22.0 Å². The van der Waals surface area contributed by atoms with Crippen molar-refractivity contribution in [1.29, 1.82) is 0 Å². The summed E-state index contributed by atoms with van der Waals surface area (Å²) in [6.07, 6.45) is 6.73. The summed E-state index contributed by atoms with van der Waals surface area (Å²) < 4.78 is 26.6. The molecule has 0 bridgehead atoms. The molecule has 10 heteroatoms. The van der Waals surface area contributed by atoms with E-state index in [0.717, 1.165) is 28.6 Å². The van der Waals surface area contributed by atoms with Gasteiger partial charge in [0.25, 0.3) is 0 Å². The Morgan fingerprint density at radius 3 is 2.41 bits per heavy atom. The molecule has 0 radical (unpaired) electrons. The van der Waals surface area contributed by atoms with Gasteiger partial charge < -0.3 is 9.47 Å². The van der Waals surface area contributed by atoms with Crippen LogP contribution in [0.1, 0.15) is 48.7 Å². The number of hydrogen-bond donors (Lipinski definition) is 0. The zero-order valence-electron chi connectivity index (χ0n) is 23.1. The van der Waals surface area contributed by atoms with E-state index in [1.54, 1.807) is 30.3 Å². The highest BCUT2D eigenvalue weighted by atomic mass is 19.1. The van der Waals surface area contributed by atoms with Crippen LogP contribution in [0.2, 0.25) is 0 Å². The first-order valence-electron chi connectivity index (χ1n) is 13.1. The molecule has 0 amide bonds. The molecule has 3 aromatic heterocycles. The molecule has 0 spiro atoms. The molecule has 0 saturated carbocycles. The Morgan fingerprint density at radius 1 is 1.02 bits per heavy atom. The summed E-state index contributed by atoms with van der Waals surface area (Å²) in [7, 11) is 1.62. The van der Waals surface area contributed by atoms with Crippen LogP contribution >= 0.6 is 0 Å². The van der Waals surface area contributed by atoms with Crippen LogP contribution < -0.4 is 14.9 Å². The van der Waals surface area contributed by atoms with Gasteiger partial charge in [0.05, 0.1) is 31.4 Å². The first kappa shape index (κ1) is 27.6. The highest BCUT2D eigenvalue weighted by molar-refractivity contribution is 5.96. The normalized spacial score (nSPS) is 11.2. The van der Waals surface area contributed by atoms with E-state index < -0.39 is 17.0 Å². The van der Waals surface area contributed by atoms with Crippen molar-refractivity contribution in [1.82, 2.24) is 24.7 Å². The molecular formula is C31H28FN5O4. The Morgan fingerprint density at radius 2 is 1.76 bits per heavy atom. The Kier molecular flexibility index (Phi) is 7.82. The lowest BCUT2D eigenvalue weighted by atomic mass is 10.0. The summed E-state index contributed by atoms with van der Waals surface area (Å²) >= 11 is 0. The van der Waals surface area contributed by atoms with E-state index in [9.17, 15) is 14.0 Å². The minimum atomic E-state index is -0.537. The van der Waals surface area contributed by atoms with E-state index in [0.29, 0.717) is 17.1 Å². The van der Waals surface area contributed by atoms with Gasteiger partial charge in [0.15, 0.2) is 17.2 Å². The fourth-order valence-electron chi connectivity index (χ4n) is 4.38. The van der Waals surface area contributed by atoms with Crippen LogP contribution in [-0.2, 0) is 12.8 Å². The topological polar surface area (TPSA) is 109 Å². The highest BCUT2D eigenvalue weighted by Gasteiger charge is 2.20. The van der Waals surface area contributed by atoms with Crippen molar-refractivity contribution in [2.24, 2.45) is 0 Å². The van der Waals surface area contributed by atoms with E-state index in [4.69, 9.17) is 9.47 Å². The van der Waals surface area contributed by atoms with Crippen LogP contribution in [0.4, 0.5) is 4.39 Å². The number of halogens is 1. The second-order valence-corrected chi connectivity index (χ2v) is 9.68. The quantitative estimate of drug-likeness (QED) is 0.212. The van der Waals surface area contributed by atoms with Crippen LogP contribution in [0.3, 0.4) is 0 Å². The summed E-state index contributed by atoms with van der Waals surface area (Å²) in [5.41, 5.74) is 1.80. The standard InChI is InChI=1S/C31H28FN5O4/c1-5-19-12-25-23(13-28(19)40-4)27(10-11-33-25)41-22-15-34-29(35-16-22)14-26(38)30-31(39)24(17-37(36-30)18(2)3)20-6-8-21(32)9-7-20/h6-13,15-18H,5,14H2,1-4H3. The molecule has 0 unspecified atom stereocenters. The first-order chi connectivity index (χ1) is 19.8. The molecule has 5 rings (SSSR count). The molecule has 41 heavy (non-hydrogen) atoms. The van der Waals surface area contributed by atoms with Crippen molar-refractivity contribution < 1.29 is 18.7 Å². The average Bonchev–Trinajstić information content (AvgIpc) is 2.98. The second kappa shape index (κ2) is 11.6. The van der Waals surface area contributed by atoms with Gasteiger partial charge in [-0.15, -0.1) is 0 Å². The maximum atomic E-state index is 13.5. The number of pyridine rings is 1. The predicted octanol–water partition coefficient (Wildman–Crippen LogP) is 5.76. The van der Waals surface area contributed by atoms with Gasteiger partial charge in [-0.1, -0.05) is 19.1 Å². The number of carbonyl (C=O) groups excluding carboxylic acids is 1. The van der Waals surface area contributed by atoms with Crippen molar-refractivity contribution in [2.75, 3.05) is 7.11 Å². The van der Waals surface area contributed by atoms with Crippen molar-refractivity contribution in [3.05, 3.63) is 100 Å². The maximum absolute atomic E-state index is 13.5. The number of hydrogen-bond acceptors (Lipinski definition) is 8. The lowest BCUT2D eigenvalue weighted by Crippen LogP contribution is -2.26. The van der Waals surface area contributed by atoms with E-state index in [1.165, 1.54) is 36.7 Å². The summed E-state index contributed by atoms with van der Waals surface area (Å²) in [5, 5.41) is 5.06. The van der Waals surface area contributed by atoms with Gasteiger partial charge in [0.1, 0.15) is 23.1 Å². The van der Waals surface area contributed by atoms with Crippen LogP contribution in [0.15, 0.2) is 72.0 Å². The van der Waals surface area contributed by atoms with Gasteiger partial charge in [-0.2, -0.15) is 5.10 Å². The number of fused-ring (bicyclic) bond motifs is 1. The Balaban J connectivity index is 1.39. The monoisotopic (exact) mass is 553 g/mol. The van der Waals surface area contributed by atoms with Crippen molar-refractivity contribution >= 4 is 16.7 Å². The fourth-order valence-corrected chi connectivity index (χ4v) is 4.38. The number of ketones is 1. The number of carbonyl (C=O) groups is 1. The molecule has 0 aliphatic heterocycles. The van der Waals surface area contributed by atoms with Crippen molar-refractivity contribution in [3.63, 3.8) is 0 Å². The smallest absolute Gasteiger partial charge is 0.219 e. The third-order valence-corrected chi connectivity index (χ3v) is 6.60. The fraction of sp³-hybridized carbons (Fsp3) is 0.226. The molecule has 208 valence electrons. The van der Waals surface area contributed by atoms with E-state index in [-0.39, 0.29) is 29.5 Å². The van der Waals surface area contributed by atoms with E-state index in [2.05, 4.69) is 20.1 Å². The third kappa shape index (κ3) is 5.81. The lowest BCUT2D eigenvalue weighted by molar-refractivity contribution is 0.0982. The van der Waals surface area contributed by atoms with Crippen molar-refractivity contribution in [3.8, 4) is 28.4 Å². The molecule has 0 atom stereocenters. The van der Waals surface area contributed by atoms with Gasteiger partial charge in [-0.3, -0.25) is 19.3 Å². The molecule has 0 aliphatic rings. The number of nitrogens with zero attached hydrogens (tertiary/aromatic N) is 5. The molecule has 3 heterocycles. The largest absolute Gasteiger partial charge is 0.496 e. The van der Waals surface area contributed by atoms with Crippen molar-refractivity contribution in [2.45, 2.75) is 39.7 Å². The molecular weight excluding hydrogens is 525 g/mol. The average molecular weight is 554 g/mol. The molecule has 2 aromatic carbocycles. The van der Waals surface area contributed by atoms with Gasteiger partial charge in [0, 0.05) is 29.4 Å². The Labute approximate surface area is 235 Å². The number of benzene rings is 2. The third-order valence-electron chi connectivity index (χ3n) is 6.60. The summed E-state index contributed by atoms with van der Waals surface area (Å²) in [4.78, 5) is 39.5. The Hall–Kier alpha value is -4.99. The number of aryl methyl sites for hydroxylation is 1. The maximum Gasteiger partial charge on any atom is 0.219 e. The molecule has 5 aromatic rings. The van der Waals surface area contributed by atoms with Gasteiger partial charge in [0.2, 0.25) is 5.43 Å². The minimum Gasteiger partial charge on any atom is -0.496 e. The summed E-state index contributed by atoms with van der Waals surface area (Å²) in [6, 6.07) is 11.0. The number of methoxy groups -OCH3 is 1. The molecule has 0 aliphatic carbocycles. The second-order valence-electron chi connectivity index (χ2n) is 9.68. The van der Waals surface area contributed by atoms with Crippen LogP contribution in [0, 0.1) is 5.82 Å². The van der Waals surface area contributed by atoms with Gasteiger partial charge >= 0.3 is 0 Å². The Bertz CT molecular complexity index is 1780. The molecule has 0 N–H and O–H groups in total. The zero-order valence-corrected chi connectivity index (χ0v) is 23.1. The van der Waals surface area contributed by atoms with Crippen LogP contribution in [-0.4, -0.2) is 37.6 Å². The van der Waals surface area contributed by atoms with Gasteiger partial charge in [-0.05, 0) is 61.7 Å². The van der Waals surface area contributed by atoms with E-state index in [1.807, 2.05) is 32.9 Å². The minimum absolute atomic E-state index is 0.119. The number of ether oxygens (including phenoxy) is 2. The number of rotatable bonds is 9. The van der Waals surface area contributed by atoms with E-state index >= 15 is 0 Å². The summed E-state index contributed by atoms with van der Waals surface area (Å²) in [5.74, 6) is 0.929. The number of Topliss-reactive ketones (excluding diaryl/α,β-unsaturated/α-hetero) is 1.